The number of carbonyl (C=O) groups is 1. The van der Waals surface area contributed by atoms with Gasteiger partial charge in [0.1, 0.15) is 5.69 Å². The van der Waals surface area contributed by atoms with Crippen molar-refractivity contribution in [1.29, 1.82) is 0 Å². The van der Waals surface area contributed by atoms with Crippen molar-refractivity contribution in [3.63, 3.8) is 0 Å². The Hall–Kier alpha value is -1.73. The van der Waals surface area contributed by atoms with E-state index in [9.17, 15) is 22.8 Å². The number of aromatic nitrogens is 2. The lowest BCUT2D eigenvalue weighted by molar-refractivity contribution is -0.143. The molecule has 0 unspecified atom stereocenters. The zero-order valence-electron chi connectivity index (χ0n) is 10.2. The fourth-order valence-electron chi connectivity index (χ4n) is 1.55. The average Bonchev–Trinajstić information content (AvgIpc) is 2.38. The Morgan fingerprint density at radius 3 is 2.44 bits per heavy atom. The van der Waals surface area contributed by atoms with Gasteiger partial charge >= 0.3 is 6.18 Å². The highest BCUT2D eigenvalue weighted by Crippen LogP contribution is 2.32. The van der Waals surface area contributed by atoms with Crippen LogP contribution in [0.3, 0.4) is 0 Å². The number of amides is 1. The second-order valence-electron chi connectivity index (χ2n) is 4.37. The summed E-state index contributed by atoms with van der Waals surface area (Å²) in [4.78, 5) is 22.8. The van der Waals surface area contributed by atoms with Crippen LogP contribution < -0.4 is 10.9 Å². The molecule has 8 heteroatoms. The average molecular weight is 265 g/mol. The molecule has 0 atom stereocenters. The van der Waals surface area contributed by atoms with Crippen LogP contribution >= 0.6 is 0 Å². The number of anilines is 1. The van der Waals surface area contributed by atoms with Crippen LogP contribution in [0.5, 0.6) is 0 Å². The predicted molar refractivity (Wildman–Crippen MR) is 59.1 cm³/mol. The molecule has 0 fully saturated rings. The lowest BCUT2D eigenvalue weighted by Gasteiger charge is -2.10. The number of hydrogen-bond acceptors (Lipinski definition) is 2. The summed E-state index contributed by atoms with van der Waals surface area (Å²) in [5.41, 5.74) is -2.91. The summed E-state index contributed by atoms with van der Waals surface area (Å²) in [6, 6.07) is 0. The number of aryl methyl sites for hydroxylation is 1. The van der Waals surface area contributed by atoms with E-state index < -0.39 is 29.0 Å². The minimum atomic E-state index is -4.71. The maximum Gasteiger partial charge on any atom is 0.435 e. The highest BCUT2D eigenvalue weighted by molar-refractivity contribution is 5.91. The number of H-pyrrole nitrogens is 1. The van der Waals surface area contributed by atoms with Gasteiger partial charge in [-0.2, -0.15) is 13.2 Å². The van der Waals surface area contributed by atoms with E-state index in [1.165, 1.54) is 0 Å². The third kappa shape index (κ3) is 3.14. The molecule has 0 aliphatic heterocycles. The SMILES string of the molecule is CC(C)CC(=O)Nc1c(C(F)(F)F)n(C)[nH]c1=O. The first kappa shape index (κ1) is 14.3. The molecule has 1 rings (SSSR count). The molecule has 0 aromatic carbocycles. The fourth-order valence-corrected chi connectivity index (χ4v) is 1.55. The lowest BCUT2D eigenvalue weighted by Crippen LogP contribution is -2.21. The maximum atomic E-state index is 12.7. The lowest BCUT2D eigenvalue weighted by atomic mass is 10.1. The first-order valence-corrected chi connectivity index (χ1v) is 5.29. The van der Waals surface area contributed by atoms with Crippen LogP contribution in [0.15, 0.2) is 4.79 Å². The number of nitrogens with zero attached hydrogens (tertiary/aromatic N) is 1. The van der Waals surface area contributed by atoms with E-state index in [1.807, 2.05) is 10.4 Å². The number of hydrogen-bond donors (Lipinski definition) is 2. The summed E-state index contributed by atoms with van der Waals surface area (Å²) in [6.45, 7) is 3.50. The van der Waals surface area contributed by atoms with E-state index in [4.69, 9.17) is 0 Å². The predicted octanol–water partition coefficient (Wildman–Crippen LogP) is 1.72. The van der Waals surface area contributed by atoms with Crippen molar-refractivity contribution in [2.75, 3.05) is 5.32 Å². The molecule has 0 spiro atoms. The summed E-state index contributed by atoms with van der Waals surface area (Å²) in [6.07, 6.45) is -4.67. The molecular weight excluding hydrogens is 251 g/mol. The van der Waals surface area contributed by atoms with Crippen molar-refractivity contribution in [2.45, 2.75) is 26.4 Å². The Balaban J connectivity index is 3.10. The van der Waals surface area contributed by atoms with Gasteiger partial charge in [-0.3, -0.25) is 19.4 Å². The minimum Gasteiger partial charge on any atom is -0.320 e. The van der Waals surface area contributed by atoms with Gasteiger partial charge in [0.15, 0.2) is 5.69 Å². The topological polar surface area (TPSA) is 66.9 Å². The quantitative estimate of drug-likeness (QED) is 0.873. The van der Waals surface area contributed by atoms with Crippen molar-refractivity contribution in [1.82, 2.24) is 9.78 Å². The van der Waals surface area contributed by atoms with Crippen LogP contribution in [0.1, 0.15) is 26.0 Å². The second kappa shape index (κ2) is 4.87. The van der Waals surface area contributed by atoms with Crippen LogP contribution in [0.4, 0.5) is 18.9 Å². The van der Waals surface area contributed by atoms with E-state index in [2.05, 4.69) is 0 Å². The summed E-state index contributed by atoms with van der Waals surface area (Å²) in [7, 11) is 1.06. The first-order chi connectivity index (χ1) is 8.12. The Labute approximate surface area is 101 Å². The van der Waals surface area contributed by atoms with Crippen molar-refractivity contribution < 1.29 is 18.0 Å². The Bertz CT molecular complexity index is 499. The van der Waals surface area contributed by atoms with Gasteiger partial charge in [-0.05, 0) is 5.92 Å². The summed E-state index contributed by atoms with van der Waals surface area (Å²) in [5, 5.41) is 3.98. The van der Waals surface area contributed by atoms with Crippen LogP contribution in [0.2, 0.25) is 0 Å². The van der Waals surface area contributed by atoms with Gasteiger partial charge in [-0.1, -0.05) is 13.8 Å². The Kier molecular flexibility index (Phi) is 3.88. The minimum absolute atomic E-state index is 0.0119. The monoisotopic (exact) mass is 265 g/mol. The van der Waals surface area contributed by atoms with Crippen molar-refractivity contribution in [3.8, 4) is 0 Å². The molecule has 0 bridgehead atoms. The van der Waals surface area contributed by atoms with Crippen molar-refractivity contribution in [2.24, 2.45) is 13.0 Å². The Morgan fingerprint density at radius 2 is 2.00 bits per heavy atom. The molecule has 0 aliphatic rings. The van der Waals surface area contributed by atoms with E-state index in [0.717, 1.165) is 7.05 Å². The van der Waals surface area contributed by atoms with Crippen molar-refractivity contribution in [3.05, 3.63) is 16.0 Å². The van der Waals surface area contributed by atoms with Gasteiger partial charge < -0.3 is 5.32 Å². The largest absolute Gasteiger partial charge is 0.435 e. The van der Waals surface area contributed by atoms with Gasteiger partial charge in [0.05, 0.1) is 0 Å². The molecule has 0 radical (unpaired) electrons. The van der Waals surface area contributed by atoms with Gasteiger partial charge in [-0.25, -0.2) is 0 Å². The second-order valence-corrected chi connectivity index (χ2v) is 4.37. The van der Waals surface area contributed by atoms with Gasteiger partial charge in [0.2, 0.25) is 5.91 Å². The summed E-state index contributed by atoms with van der Waals surface area (Å²) < 4.78 is 38.7. The number of carbonyl (C=O) groups excluding carboxylic acids is 1. The zero-order valence-corrected chi connectivity index (χ0v) is 10.2. The number of alkyl halides is 3. The summed E-state index contributed by atoms with van der Waals surface area (Å²) >= 11 is 0. The van der Waals surface area contributed by atoms with Crippen molar-refractivity contribution >= 4 is 11.6 Å². The highest BCUT2D eigenvalue weighted by atomic mass is 19.4. The molecule has 102 valence electrons. The number of rotatable bonds is 3. The molecular formula is C10H14F3N3O2. The molecule has 0 aliphatic carbocycles. The van der Waals surface area contributed by atoms with Crippen LogP contribution in [0.25, 0.3) is 0 Å². The number of halogens is 3. The molecule has 5 nitrogen and oxygen atoms in total. The number of aromatic amines is 1. The van der Waals surface area contributed by atoms with Gasteiger partial charge in [0.25, 0.3) is 5.56 Å². The van der Waals surface area contributed by atoms with Crippen LogP contribution in [-0.4, -0.2) is 15.7 Å². The molecule has 1 aromatic heterocycles. The third-order valence-corrected chi connectivity index (χ3v) is 2.20. The molecule has 1 heterocycles. The van der Waals surface area contributed by atoms with Gasteiger partial charge in [-0.15, -0.1) is 0 Å². The molecule has 1 aromatic rings. The number of nitrogens with one attached hydrogen (secondary N) is 2. The third-order valence-electron chi connectivity index (χ3n) is 2.20. The van der Waals surface area contributed by atoms with Gasteiger partial charge in [0, 0.05) is 13.5 Å². The fraction of sp³-hybridized carbons (Fsp3) is 0.600. The zero-order chi connectivity index (χ0) is 14.1. The standard InChI is InChI=1S/C10H14F3N3O2/c1-5(2)4-6(17)14-7-8(10(11,12)13)16(3)15-9(7)18/h5H,4H2,1-3H3,(H,14,17)(H,15,18). The molecule has 18 heavy (non-hydrogen) atoms. The maximum absolute atomic E-state index is 12.7. The molecule has 2 N–H and O–H groups in total. The normalized spacial score (nSPS) is 11.9. The first-order valence-electron chi connectivity index (χ1n) is 5.29. The van der Waals surface area contributed by atoms with Crippen LogP contribution in [-0.2, 0) is 18.0 Å². The molecule has 0 saturated heterocycles. The van der Waals surface area contributed by atoms with E-state index in [1.54, 1.807) is 13.8 Å². The van der Waals surface area contributed by atoms with E-state index >= 15 is 0 Å². The summed E-state index contributed by atoms with van der Waals surface area (Å²) in [5.74, 6) is -0.630. The smallest absolute Gasteiger partial charge is 0.320 e. The molecule has 0 saturated carbocycles. The van der Waals surface area contributed by atoms with Crippen LogP contribution in [0, 0.1) is 5.92 Å². The van der Waals surface area contributed by atoms with E-state index in [0.29, 0.717) is 4.68 Å². The van der Waals surface area contributed by atoms with E-state index in [-0.39, 0.29) is 12.3 Å². The highest BCUT2D eigenvalue weighted by Gasteiger charge is 2.39. The Morgan fingerprint density at radius 1 is 1.44 bits per heavy atom. The molecule has 1 amide bonds.